The van der Waals surface area contributed by atoms with Gasteiger partial charge in [-0.15, -0.1) is 0 Å². The number of anilines is 1. The number of aromatic hydroxyl groups is 1. The van der Waals surface area contributed by atoms with E-state index >= 15 is 0 Å². The van der Waals surface area contributed by atoms with Crippen LogP contribution in [0.2, 0.25) is 5.02 Å². The predicted octanol–water partition coefficient (Wildman–Crippen LogP) is 3.40. The van der Waals surface area contributed by atoms with Gasteiger partial charge in [-0.2, -0.15) is 5.10 Å². The first-order valence-corrected chi connectivity index (χ1v) is 7.26. The molecule has 0 radical (unpaired) electrons. The van der Waals surface area contributed by atoms with Crippen LogP contribution in [0.4, 0.5) is 5.69 Å². The number of phenolic OH excluding ortho intramolecular Hbond substituents is 1. The second-order valence-electron chi connectivity index (χ2n) is 5.35. The summed E-state index contributed by atoms with van der Waals surface area (Å²) in [6.07, 6.45) is 2.02. The first kappa shape index (κ1) is 13.2. The van der Waals surface area contributed by atoms with Crippen LogP contribution in [0.3, 0.4) is 0 Å². The van der Waals surface area contributed by atoms with Gasteiger partial charge in [0.05, 0.1) is 16.7 Å². The number of fused-ring (bicyclic) bond motifs is 3. The first-order chi connectivity index (χ1) is 10.6. The Kier molecular flexibility index (Phi) is 2.84. The molecular formula is C16H12ClN3O2. The minimum absolute atomic E-state index is 0.0171. The molecule has 0 saturated heterocycles. The van der Waals surface area contributed by atoms with E-state index in [0.717, 1.165) is 27.7 Å². The van der Waals surface area contributed by atoms with E-state index in [2.05, 4.69) is 15.5 Å². The summed E-state index contributed by atoms with van der Waals surface area (Å²) in [4.78, 5) is 12.0. The molecule has 3 aromatic rings. The smallest absolute Gasteiger partial charge is 0.225 e. The number of phenols is 1. The summed E-state index contributed by atoms with van der Waals surface area (Å²) >= 11 is 6.26. The first-order valence-electron chi connectivity index (χ1n) is 6.88. The van der Waals surface area contributed by atoms with Crippen LogP contribution in [0.15, 0.2) is 36.5 Å². The molecule has 2 heterocycles. The Bertz CT molecular complexity index is 904. The molecular weight excluding hydrogens is 302 g/mol. The number of hydrogen-bond acceptors (Lipinski definition) is 3. The number of hydrogen-bond donors (Lipinski definition) is 3. The molecule has 0 aliphatic carbocycles. The number of carbonyl (C=O) groups excluding carboxylic acids is 1. The van der Waals surface area contributed by atoms with Crippen LogP contribution >= 0.6 is 11.6 Å². The number of amides is 1. The summed E-state index contributed by atoms with van der Waals surface area (Å²) in [6, 6.07) is 8.88. The Balaban J connectivity index is 2.00. The molecule has 3 N–H and O–H groups in total. The van der Waals surface area contributed by atoms with E-state index < -0.39 is 0 Å². The van der Waals surface area contributed by atoms with Gasteiger partial charge in [0.1, 0.15) is 5.75 Å². The number of nitrogens with zero attached hydrogens (tertiary/aromatic N) is 1. The molecule has 1 atom stereocenters. The monoisotopic (exact) mass is 313 g/mol. The number of aromatic amines is 1. The highest BCUT2D eigenvalue weighted by atomic mass is 35.5. The maximum Gasteiger partial charge on any atom is 0.225 e. The van der Waals surface area contributed by atoms with E-state index in [4.69, 9.17) is 11.6 Å². The van der Waals surface area contributed by atoms with Crippen LogP contribution in [-0.2, 0) is 4.79 Å². The van der Waals surface area contributed by atoms with Crippen LogP contribution in [0.25, 0.3) is 10.9 Å². The third-order valence-corrected chi connectivity index (χ3v) is 4.47. The Labute approximate surface area is 130 Å². The number of halogens is 1. The lowest BCUT2D eigenvalue weighted by Crippen LogP contribution is -2.24. The summed E-state index contributed by atoms with van der Waals surface area (Å²) in [6.45, 7) is 0. The van der Waals surface area contributed by atoms with E-state index in [1.165, 1.54) is 6.07 Å². The summed E-state index contributed by atoms with van der Waals surface area (Å²) in [5, 5.41) is 21.1. The van der Waals surface area contributed by atoms with Gasteiger partial charge in [-0.05, 0) is 23.8 Å². The standard InChI is InChI=1S/C16H12ClN3O2/c17-15-9(2-1-3-12(15)21)10-6-13(22)19-11-5-4-8-7-18-20-16(8)14(10)11/h1-5,7,10,21H,6H2,(H,18,20)(H,19,22). The molecule has 6 heteroatoms. The van der Waals surface area contributed by atoms with Gasteiger partial charge in [-0.25, -0.2) is 0 Å². The van der Waals surface area contributed by atoms with E-state index in [1.807, 2.05) is 18.2 Å². The minimum atomic E-state index is -0.229. The number of carbonyl (C=O) groups is 1. The molecule has 0 fully saturated rings. The van der Waals surface area contributed by atoms with Crippen molar-refractivity contribution in [3.05, 3.63) is 52.7 Å². The number of aromatic nitrogens is 2. The average molecular weight is 314 g/mol. The molecule has 2 aromatic carbocycles. The zero-order valence-electron chi connectivity index (χ0n) is 11.4. The van der Waals surface area contributed by atoms with Gasteiger partial charge >= 0.3 is 0 Å². The highest BCUT2D eigenvalue weighted by Gasteiger charge is 2.30. The quantitative estimate of drug-likeness (QED) is 0.644. The molecule has 0 saturated carbocycles. The fourth-order valence-corrected chi connectivity index (χ4v) is 3.32. The van der Waals surface area contributed by atoms with Crippen molar-refractivity contribution in [1.29, 1.82) is 0 Å². The van der Waals surface area contributed by atoms with Crippen molar-refractivity contribution in [3.63, 3.8) is 0 Å². The second kappa shape index (κ2) is 4.74. The van der Waals surface area contributed by atoms with E-state index in [9.17, 15) is 9.90 Å². The SMILES string of the molecule is O=C1CC(c2cccc(O)c2Cl)c2c(ccc3cn[nH]c23)N1. The maximum absolute atomic E-state index is 12.0. The van der Waals surface area contributed by atoms with Gasteiger partial charge in [0.15, 0.2) is 0 Å². The average Bonchev–Trinajstić information content (AvgIpc) is 2.97. The third kappa shape index (κ3) is 1.86. The Morgan fingerprint density at radius 2 is 2.14 bits per heavy atom. The van der Waals surface area contributed by atoms with E-state index in [0.29, 0.717) is 0 Å². The van der Waals surface area contributed by atoms with Crippen LogP contribution < -0.4 is 5.32 Å². The highest BCUT2D eigenvalue weighted by Crippen LogP contribution is 2.44. The highest BCUT2D eigenvalue weighted by molar-refractivity contribution is 6.33. The van der Waals surface area contributed by atoms with Crippen LogP contribution in [0.1, 0.15) is 23.5 Å². The van der Waals surface area contributed by atoms with Crippen molar-refractivity contribution in [2.45, 2.75) is 12.3 Å². The Hall–Kier alpha value is -2.53. The molecule has 0 spiro atoms. The third-order valence-electron chi connectivity index (χ3n) is 4.05. The molecule has 0 bridgehead atoms. The maximum atomic E-state index is 12.0. The van der Waals surface area contributed by atoms with Crippen LogP contribution in [0.5, 0.6) is 5.75 Å². The van der Waals surface area contributed by atoms with Crippen molar-refractivity contribution in [2.24, 2.45) is 0 Å². The molecule has 1 aromatic heterocycles. The fourth-order valence-electron chi connectivity index (χ4n) is 3.07. The van der Waals surface area contributed by atoms with E-state index in [1.54, 1.807) is 12.3 Å². The fraction of sp³-hybridized carbons (Fsp3) is 0.125. The van der Waals surface area contributed by atoms with Crippen molar-refractivity contribution < 1.29 is 9.90 Å². The zero-order chi connectivity index (χ0) is 15.3. The molecule has 4 rings (SSSR count). The molecule has 1 unspecified atom stereocenters. The zero-order valence-corrected chi connectivity index (χ0v) is 12.2. The Morgan fingerprint density at radius 3 is 3.00 bits per heavy atom. The molecule has 110 valence electrons. The largest absolute Gasteiger partial charge is 0.506 e. The van der Waals surface area contributed by atoms with Crippen LogP contribution in [0, 0.1) is 0 Å². The number of H-pyrrole nitrogens is 1. The second-order valence-corrected chi connectivity index (χ2v) is 5.72. The summed E-state index contributed by atoms with van der Waals surface area (Å²) in [5.74, 6) is -0.285. The Morgan fingerprint density at radius 1 is 1.27 bits per heavy atom. The summed E-state index contributed by atoms with van der Waals surface area (Å²) in [5.41, 5.74) is 3.31. The van der Waals surface area contributed by atoms with Crippen molar-refractivity contribution in [3.8, 4) is 5.75 Å². The van der Waals surface area contributed by atoms with Gasteiger partial charge in [-0.3, -0.25) is 9.89 Å². The minimum Gasteiger partial charge on any atom is -0.506 e. The van der Waals surface area contributed by atoms with Gasteiger partial charge in [0.25, 0.3) is 0 Å². The number of nitrogens with one attached hydrogen (secondary N) is 2. The van der Waals surface area contributed by atoms with Crippen molar-refractivity contribution >= 4 is 34.1 Å². The van der Waals surface area contributed by atoms with Gasteiger partial charge in [0.2, 0.25) is 5.91 Å². The van der Waals surface area contributed by atoms with Crippen molar-refractivity contribution in [2.75, 3.05) is 5.32 Å². The van der Waals surface area contributed by atoms with Crippen LogP contribution in [-0.4, -0.2) is 21.2 Å². The lowest BCUT2D eigenvalue weighted by Gasteiger charge is -2.27. The molecule has 5 nitrogen and oxygen atoms in total. The van der Waals surface area contributed by atoms with Gasteiger partial charge < -0.3 is 10.4 Å². The lowest BCUT2D eigenvalue weighted by molar-refractivity contribution is -0.116. The lowest BCUT2D eigenvalue weighted by atomic mass is 9.83. The molecule has 1 amide bonds. The van der Waals surface area contributed by atoms with Gasteiger partial charge in [0, 0.05) is 29.0 Å². The predicted molar refractivity (Wildman–Crippen MR) is 84.3 cm³/mol. The molecule has 22 heavy (non-hydrogen) atoms. The number of rotatable bonds is 1. The molecule has 1 aliphatic heterocycles. The normalized spacial score (nSPS) is 17.3. The van der Waals surface area contributed by atoms with E-state index in [-0.39, 0.29) is 29.0 Å². The van der Waals surface area contributed by atoms with Gasteiger partial charge in [-0.1, -0.05) is 23.7 Å². The summed E-state index contributed by atoms with van der Waals surface area (Å²) in [7, 11) is 0. The summed E-state index contributed by atoms with van der Waals surface area (Å²) < 4.78 is 0. The molecule has 1 aliphatic rings. The number of benzene rings is 2. The topological polar surface area (TPSA) is 78.0 Å². The van der Waals surface area contributed by atoms with Crippen molar-refractivity contribution in [1.82, 2.24) is 10.2 Å².